The predicted molar refractivity (Wildman–Crippen MR) is 63.9 cm³/mol. The molecule has 15 heavy (non-hydrogen) atoms. The van der Waals surface area contributed by atoms with Crippen molar-refractivity contribution in [3.05, 3.63) is 0 Å². The molecule has 1 rings (SSSR count). The Morgan fingerprint density at radius 2 is 1.87 bits per heavy atom. The van der Waals surface area contributed by atoms with Gasteiger partial charge in [0.05, 0.1) is 5.54 Å². The van der Waals surface area contributed by atoms with E-state index in [9.17, 15) is 4.79 Å². The first-order valence-corrected chi connectivity index (χ1v) is 5.20. The van der Waals surface area contributed by atoms with Crippen LogP contribution in [0.25, 0.3) is 0 Å². The number of hydrogen-bond acceptors (Lipinski definition) is 3. The molecule has 4 nitrogen and oxygen atoms in total. The third kappa shape index (κ3) is 4.36. The van der Waals surface area contributed by atoms with Gasteiger partial charge < -0.3 is 16.8 Å². The summed E-state index contributed by atoms with van der Waals surface area (Å²) in [5.41, 5.74) is 10.7. The molecule has 90 valence electrons. The first kappa shape index (κ1) is 14.7. The van der Waals surface area contributed by atoms with Gasteiger partial charge >= 0.3 is 0 Å². The van der Waals surface area contributed by atoms with Gasteiger partial charge in [0, 0.05) is 12.1 Å². The Bertz CT molecular complexity index is 219. The molecular formula is C10H22ClN3O. The van der Waals surface area contributed by atoms with Gasteiger partial charge in [-0.05, 0) is 26.7 Å². The van der Waals surface area contributed by atoms with Gasteiger partial charge in [-0.2, -0.15) is 0 Å². The summed E-state index contributed by atoms with van der Waals surface area (Å²) in [6.45, 7) is 4.24. The van der Waals surface area contributed by atoms with Gasteiger partial charge in [0.15, 0.2) is 0 Å². The molecule has 0 aromatic carbocycles. The molecule has 0 aliphatic heterocycles. The average molecular weight is 236 g/mol. The van der Waals surface area contributed by atoms with Crippen molar-refractivity contribution in [3.8, 4) is 0 Å². The highest BCUT2D eigenvalue weighted by atomic mass is 35.5. The molecule has 1 amide bonds. The molecule has 1 aliphatic carbocycles. The maximum Gasteiger partial charge on any atom is 0.240 e. The number of rotatable bonds is 3. The zero-order valence-electron chi connectivity index (χ0n) is 9.51. The van der Waals surface area contributed by atoms with E-state index in [1.807, 2.05) is 13.8 Å². The largest absolute Gasteiger partial charge is 0.353 e. The molecule has 0 aromatic rings. The summed E-state index contributed by atoms with van der Waals surface area (Å²) in [6.07, 6.45) is 3.69. The molecule has 5 N–H and O–H groups in total. The molecular weight excluding hydrogens is 214 g/mol. The molecule has 0 bridgehead atoms. The standard InChI is InChI=1S/C10H21N3O.ClH/c1-9(2,11)7-13-8(14)10(12)5-3-4-6-10;/h3-7,11-12H2,1-2H3,(H,13,14);1H. The summed E-state index contributed by atoms with van der Waals surface area (Å²) in [5.74, 6) is -0.0477. The lowest BCUT2D eigenvalue weighted by atomic mass is 9.97. The summed E-state index contributed by atoms with van der Waals surface area (Å²) < 4.78 is 0. The Labute approximate surface area is 97.6 Å². The second kappa shape index (κ2) is 5.14. The van der Waals surface area contributed by atoms with Gasteiger partial charge in [0.25, 0.3) is 0 Å². The Morgan fingerprint density at radius 3 is 2.27 bits per heavy atom. The lowest BCUT2D eigenvalue weighted by Gasteiger charge is -2.25. The molecule has 1 fully saturated rings. The number of nitrogens with one attached hydrogen (secondary N) is 1. The van der Waals surface area contributed by atoms with E-state index in [2.05, 4.69) is 5.32 Å². The van der Waals surface area contributed by atoms with Crippen LogP contribution in [0.5, 0.6) is 0 Å². The van der Waals surface area contributed by atoms with Crippen molar-refractivity contribution < 1.29 is 4.79 Å². The van der Waals surface area contributed by atoms with Crippen molar-refractivity contribution >= 4 is 18.3 Å². The van der Waals surface area contributed by atoms with E-state index in [1.54, 1.807) is 0 Å². The third-order valence-electron chi connectivity index (χ3n) is 2.65. The van der Waals surface area contributed by atoms with Crippen molar-refractivity contribution in [2.75, 3.05) is 6.54 Å². The van der Waals surface area contributed by atoms with Crippen LogP contribution >= 0.6 is 12.4 Å². The van der Waals surface area contributed by atoms with Gasteiger partial charge in [-0.1, -0.05) is 12.8 Å². The lowest BCUT2D eigenvalue weighted by molar-refractivity contribution is -0.126. The Balaban J connectivity index is 0.00000196. The number of carbonyl (C=O) groups is 1. The molecule has 0 spiro atoms. The molecule has 0 unspecified atom stereocenters. The Hall–Kier alpha value is -0.320. The normalized spacial score (nSPS) is 19.5. The van der Waals surface area contributed by atoms with E-state index >= 15 is 0 Å². The number of hydrogen-bond donors (Lipinski definition) is 3. The Kier molecular flexibility index (Phi) is 5.03. The second-order valence-electron chi connectivity index (χ2n) is 5.03. The minimum absolute atomic E-state index is 0. The highest BCUT2D eigenvalue weighted by Crippen LogP contribution is 2.27. The van der Waals surface area contributed by atoms with Crippen molar-refractivity contribution in [1.82, 2.24) is 5.32 Å². The van der Waals surface area contributed by atoms with Crippen LogP contribution in [-0.4, -0.2) is 23.5 Å². The van der Waals surface area contributed by atoms with Gasteiger partial charge in [-0.15, -0.1) is 12.4 Å². The molecule has 5 heteroatoms. The minimum Gasteiger partial charge on any atom is -0.353 e. The maximum atomic E-state index is 11.7. The molecule has 0 radical (unpaired) electrons. The molecule has 0 saturated heterocycles. The quantitative estimate of drug-likeness (QED) is 0.668. The fourth-order valence-electron chi connectivity index (χ4n) is 1.72. The Morgan fingerprint density at radius 1 is 1.40 bits per heavy atom. The van der Waals surface area contributed by atoms with Crippen LogP contribution in [0.1, 0.15) is 39.5 Å². The summed E-state index contributed by atoms with van der Waals surface area (Å²) in [4.78, 5) is 11.7. The van der Waals surface area contributed by atoms with Crippen LogP contribution < -0.4 is 16.8 Å². The van der Waals surface area contributed by atoms with Crippen LogP contribution in [0, 0.1) is 0 Å². The van der Waals surface area contributed by atoms with Crippen molar-refractivity contribution in [2.45, 2.75) is 50.6 Å². The van der Waals surface area contributed by atoms with E-state index in [-0.39, 0.29) is 23.9 Å². The number of nitrogens with two attached hydrogens (primary N) is 2. The van der Waals surface area contributed by atoms with E-state index in [1.165, 1.54) is 0 Å². The summed E-state index contributed by atoms with van der Waals surface area (Å²) >= 11 is 0. The van der Waals surface area contributed by atoms with Gasteiger partial charge in [-0.25, -0.2) is 0 Å². The van der Waals surface area contributed by atoms with E-state index in [0.29, 0.717) is 6.54 Å². The number of halogens is 1. The third-order valence-corrected chi connectivity index (χ3v) is 2.65. The first-order chi connectivity index (χ1) is 6.33. The monoisotopic (exact) mass is 235 g/mol. The molecule has 1 saturated carbocycles. The smallest absolute Gasteiger partial charge is 0.240 e. The zero-order valence-corrected chi connectivity index (χ0v) is 10.3. The highest BCUT2D eigenvalue weighted by Gasteiger charge is 2.37. The van der Waals surface area contributed by atoms with Crippen molar-refractivity contribution in [2.24, 2.45) is 11.5 Å². The molecule has 1 aliphatic rings. The molecule has 0 heterocycles. The second-order valence-corrected chi connectivity index (χ2v) is 5.03. The van der Waals surface area contributed by atoms with Crippen LogP contribution in [0.4, 0.5) is 0 Å². The van der Waals surface area contributed by atoms with E-state index < -0.39 is 5.54 Å². The fourth-order valence-corrected chi connectivity index (χ4v) is 1.72. The van der Waals surface area contributed by atoms with Gasteiger partial charge in [0.1, 0.15) is 0 Å². The molecule has 0 atom stereocenters. The highest BCUT2D eigenvalue weighted by molar-refractivity contribution is 5.86. The van der Waals surface area contributed by atoms with Crippen LogP contribution in [-0.2, 0) is 4.79 Å². The van der Waals surface area contributed by atoms with Gasteiger partial charge in [-0.3, -0.25) is 4.79 Å². The summed E-state index contributed by atoms with van der Waals surface area (Å²) in [7, 11) is 0. The topological polar surface area (TPSA) is 81.1 Å². The lowest BCUT2D eigenvalue weighted by Crippen LogP contribution is -2.55. The summed E-state index contributed by atoms with van der Waals surface area (Å²) in [6, 6.07) is 0. The van der Waals surface area contributed by atoms with E-state index in [0.717, 1.165) is 25.7 Å². The minimum atomic E-state index is -0.634. The zero-order chi connectivity index (χ0) is 10.8. The average Bonchev–Trinajstić information content (AvgIpc) is 2.48. The summed E-state index contributed by atoms with van der Waals surface area (Å²) in [5, 5.41) is 2.82. The SMILES string of the molecule is CC(C)(N)CNC(=O)C1(N)CCCC1.Cl. The fraction of sp³-hybridized carbons (Fsp3) is 0.900. The number of carbonyl (C=O) groups excluding carboxylic acids is 1. The van der Waals surface area contributed by atoms with E-state index in [4.69, 9.17) is 11.5 Å². The van der Waals surface area contributed by atoms with Crippen molar-refractivity contribution in [3.63, 3.8) is 0 Å². The number of amides is 1. The first-order valence-electron chi connectivity index (χ1n) is 5.20. The van der Waals surface area contributed by atoms with Gasteiger partial charge in [0.2, 0.25) is 5.91 Å². The maximum absolute atomic E-state index is 11.7. The predicted octanol–water partition coefficient (Wildman–Crippen LogP) is 0.533. The van der Waals surface area contributed by atoms with Crippen LogP contribution in [0.15, 0.2) is 0 Å². The van der Waals surface area contributed by atoms with Crippen molar-refractivity contribution in [1.29, 1.82) is 0 Å². The van der Waals surface area contributed by atoms with Crippen LogP contribution in [0.2, 0.25) is 0 Å². The van der Waals surface area contributed by atoms with Crippen LogP contribution in [0.3, 0.4) is 0 Å². The molecule has 0 aromatic heterocycles.